The van der Waals surface area contributed by atoms with Crippen LogP contribution >= 0.6 is 0 Å². The lowest BCUT2D eigenvalue weighted by atomic mass is 10.1. The fraction of sp³-hybridized carbons (Fsp3) is 0.562. The number of amides is 1. The third-order valence-corrected chi connectivity index (χ3v) is 3.68. The van der Waals surface area contributed by atoms with Crippen LogP contribution < -0.4 is 15.5 Å². The van der Waals surface area contributed by atoms with Gasteiger partial charge in [-0.25, -0.2) is 0 Å². The summed E-state index contributed by atoms with van der Waals surface area (Å²) in [6, 6.07) is 8.16. The van der Waals surface area contributed by atoms with Crippen molar-refractivity contribution < 1.29 is 9.53 Å². The highest BCUT2D eigenvalue weighted by atomic mass is 16.5. The van der Waals surface area contributed by atoms with Crippen LogP contribution in [0.25, 0.3) is 0 Å². The number of carbonyl (C=O) groups excluding carboxylic acids is 1. The number of piperidine rings is 1. The van der Waals surface area contributed by atoms with Gasteiger partial charge < -0.3 is 20.3 Å². The molecule has 1 amide bonds. The largest absolute Gasteiger partial charge is 0.378 e. The van der Waals surface area contributed by atoms with E-state index < -0.39 is 0 Å². The summed E-state index contributed by atoms with van der Waals surface area (Å²) >= 11 is 0. The molecule has 0 radical (unpaired) electrons. The smallest absolute Gasteiger partial charge is 0.246 e. The van der Waals surface area contributed by atoms with Gasteiger partial charge in [0.2, 0.25) is 5.91 Å². The van der Waals surface area contributed by atoms with E-state index in [4.69, 9.17) is 4.74 Å². The molecule has 0 atom stereocenters. The Morgan fingerprint density at radius 3 is 2.57 bits per heavy atom. The molecule has 1 fully saturated rings. The molecule has 5 nitrogen and oxygen atoms in total. The van der Waals surface area contributed by atoms with Crippen LogP contribution in [-0.4, -0.2) is 45.8 Å². The predicted octanol–water partition coefficient (Wildman–Crippen LogP) is 1.14. The molecule has 2 rings (SSSR count). The number of anilines is 1. The summed E-state index contributed by atoms with van der Waals surface area (Å²) in [5.74, 6) is -0.0507. The van der Waals surface area contributed by atoms with Gasteiger partial charge in [0.25, 0.3) is 0 Å². The summed E-state index contributed by atoms with van der Waals surface area (Å²) in [5.41, 5.74) is 2.25. The number of carbonyl (C=O) groups is 1. The molecular weight excluding hydrogens is 266 g/mol. The van der Waals surface area contributed by atoms with Crippen molar-refractivity contribution in [3.05, 3.63) is 29.8 Å². The number of hydrogen-bond donors (Lipinski definition) is 2. The van der Waals surface area contributed by atoms with E-state index >= 15 is 0 Å². The zero-order chi connectivity index (χ0) is 15.1. The molecule has 0 aliphatic carbocycles. The Labute approximate surface area is 126 Å². The van der Waals surface area contributed by atoms with Crippen molar-refractivity contribution in [3.63, 3.8) is 0 Å². The number of ether oxygens (including phenoxy) is 1. The highest BCUT2D eigenvalue weighted by molar-refractivity contribution is 5.77. The quantitative estimate of drug-likeness (QED) is 0.825. The van der Waals surface area contributed by atoms with Gasteiger partial charge in [0.1, 0.15) is 6.61 Å². The van der Waals surface area contributed by atoms with E-state index in [-0.39, 0.29) is 18.6 Å². The van der Waals surface area contributed by atoms with Crippen molar-refractivity contribution in [1.29, 1.82) is 0 Å². The maximum absolute atomic E-state index is 11.8. The Hall–Kier alpha value is -1.59. The standard InChI is InChI=1S/C16H25N3O2/c1-19(2)14-5-3-13(4-6-14)11-18-16(20)12-21-15-7-9-17-10-8-15/h3-6,15,17H,7-12H2,1-2H3,(H,18,20). The van der Waals surface area contributed by atoms with Gasteiger partial charge in [-0.3, -0.25) is 4.79 Å². The summed E-state index contributed by atoms with van der Waals surface area (Å²) in [6.07, 6.45) is 2.19. The molecule has 1 heterocycles. The van der Waals surface area contributed by atoms with E-state index in [0.29, 0.717) is 6.54 Å². The van der Waals surface area contributed by atoms with Crippen molar-refractivity contribution in [1.82, 2.24) is 10.6 Å². The minimum atomic E-state index is -0.0507. The van der Waals surface area contributed by atoms with Gasteiger partial charge in [0, 0.05) is 26.3 Å². The molecular formula is C16H25N3O2. The van der Waals surface area contributed by atoms with E-state index in [1.807, 2.05) is 38.4 Å². The minimum Gasteiger partial charge on any atom is -0.378 e. The van der Waals surface area contributed by atoms with Gasteiger partial charge in [0.15, 0.2) is 0 Å². The predicted molar refractivity (Wildman–Crippen MR) is 84.5 cm³/mol. The number of benzene rings is 1. The van der Waals surface area contributed by atoms with Gasteiger partial charge in [-0.15, -0.1) is 0 Å². The fourth-order valence-electron chi connectivity index (χ4n) is 2.32. The normalized spacial score (nSPS) is 15.7. The molecule has 0 saturated carbocycles. The third kappa shape index (κ3) is 5.36. The molecule has 0 spiro atoms. The molecule has 0 unspecified atom stereocenters. The molecule has 1 aliphatic rings. The molecule has 1 aliphatic heterocycles. The lowest BCUT2D eigenvalue weighted by Crippen LogP contribution is -2.35. The van der Waals surface area contributed by atoms with Crippen molar-refractivity contribution in [2.75, 3.05) is 38.7 Å². The Morgan fingerprint density at radius 2 is 1.95 bits per heavy atom. The molecule has 116 valence electrons. The van der Waals surface area contributed by atoms with Gasteiger partial charge in [-0.05, 0) is 43.6 Å². The maximum Gasteiger partial charge on any atom is 0.246 e. The number of hydrogen-bond acceptors (Lipinski definition) is 4. The summed E-state index contributed by atoms with van der Waals surface area (Å²) in [6.45, 7) is 2.65. The second-order valence-electron chi connectivity index (χ2n) is 5.60. The fourth-order valence-corrected chi connectivity index (χ4v) is 2.32. The molecule has 0 bridgehead atoms. The van der Waals surface area contributed by atoms with Gasteiger partial charge in [-0.2, -0.15) is 0 Å². The van der Waals surface area contributed by atoms with Crippen LogP contribution in [0.15, 0.2) is 24.3 Å². The van der Waals surface area contributed by atoms with Crippen LogP contribution in [0.3, 0.4) is 0 Å². The second kappa shape index (κ2) is 8.00. The average Bonchev–Trinajstić information content (AvgIpc) is 2.52. The summed E-state index contributed by atoms with van der Waals surface area (Å²) in [5, 5.41) is 6.17. The lowest BCUT2D eigenvalue weighted by molar-refractivity contribution is -0.128. The molecule has 1 aromatic rings. The number of nitrogens with one attached hydrogen (secondary N) is 2. The Bertz CT molecular complexity index is 439. The number of rotatable bonds is 6. The van der Waals surface area contributed by atoms with Crippen LogP contribution in [0, 0.1) is 0 Å². The van der Waals surface area contributed by atoms with Crippen molar-refractivity contribution >= 4 is 11.6 Å². The zero-order valence-electron chi connectivity index (χ0n) is 12.9. The second-order valence-corrected chi connectivity index (χ2v) is 5.60. The minimum absolute atomic E-state index is 0.0507. The molecule has 0 aromatic heterocycles. The Balaban J connectivity index is 1.68. The first kappa shape index (κ1) is 15.8. The van der Waals surface area contributed by atoms with E-state index in [9.17, 15) is 4.79 Å². The van der Waals surface area contributed by atoms with Gasteiger partial charge in [-0.1, -0.05) is 12.1 Å². The average molecular weight is 291 g/mol. The Kier molecular flexibility index (Phi) is 6.02. The summed E-state index contributed by atoms with van der Waals surface area (Å²) in [7, 11) is 4.02. The van der Waals surface area contributed by atoms with Crippen molar-refractivity contribution in [2.24, 2.45) is 0 Å². The summed E-state index contributed by atoms with van der Waals surface area (Å²) in [4.78, 5) is 13.8. The third-order valence-electron chi connectivity index (χ3n) is 3.68. The van der Waals surface area contributed by atoms with Crippen LogP contribution in [0.2, 0.25) is 0 Å². The lowest BCUT2D eigenvalue weighted by Gasteiger charge is -2.22. The van der Waals surface area contributed by atoms with Crippen LogP contribution in [0.1, 0.15) is 18.4 Å². The molecule has 1 aromatic carbocycles. The first-order valence-corrected chi connectivity index (χ1v) is 7.50. The van der Waals surface area contributed by atoms with Crippen LogP contribution in [0.4, 0.5) is 5.69 Å². The zero-order valence-corrected chi connectivity index (χ0v) is 12.9. The van der Waals surface area contributed by atoms with Crippen molar-refractivity contribution in [2.45, 2.75) is 25.5 Å². The van der Waals surface area contributed by atoms with Gasteiger partial charge >= 0.3 is 0 Å². The van der Waals surface area contributed by atoms with E-state index in [2.05, 4.69) is 15.5 Å². The molecule has 21 heavy (non-hydrogen) atoms. The maximum atomic E-state index is 11.8. The highest BCUT2D eigenvalue weighted by Gasteiger charge is 2.14. The van der Waals surface area contributed by atoms with E-state index in [1.54, 1.807) is 0 Å². The molecule has 2 N–H and O–H groups in total. The van der Waals surface area contributed by atoms with E-state index in [1.165, 1.54) is 0 Å². The first-order valence-electron chi connectivity index (χ1n) is 7.50. The number of nitrogens with zero attached hydrogens (tertiary/aromatic N) is 1. The monoisotopic (exact) mass is 291 g/mol. The SMILES string of the molecule is CN(C)c1ccc(CNC(=O)COC2CCNCC2)cc1. The van der Waals surface area contributed by atoms with Crippen LogP contribution in [0.5, 0.6) is 0 Å². The topological polar surface area (TPSA) is 53.6 Å². The van der Waals surface area contributed by atoms with Crippen molar-refractivity contribution in [3.8, 4) is 0 Å². The van der Waals surface area contributed by atoms with E-state index in [0.717, 1.165) is 37.2 Å². The van der Waals surface area contributed by atoms with Crippen LogP contribution in [-0.2, 0) is 16.1 Å². The molecule has 1 saturated heterocycles. The first-order chi connectivity index (χ1) is 10.1. The van der Waals surface area contributed by atoms with Gasteiger partial charge in [0.05, 0.1) is 6.10 Å². The summed E-state index contributed by atoms with van der Waals surface area (Å²) < 4.78 is 5.63. The molecule has 5 heteroatoms. The highest BCUT2D eigenvalue weighted by Crippen LogP contribution is 2.12. The Morgan fingerprint density at radius 1 is 1.29 bits per heavy atom.